The second-order valence-corrected chi connectivity index (χ2v) is 21.4. The molecule has 238 valence electrons. The summed E-state index contributed by atoms with van der Waals surface area (Å²) >= 11 is 3.68. The summed E-state index contributed by atoms with van der Waals surface area (Å²) in [7, 11) is -1.21. The van der Waals surface area contributed by atoms with E-state index < -0.39 is 13.7 Å². The van der Waals surface area contributed by atoms with E-state index in [1.54, 1.807) is 0 Å². The molecule has 1 amide bonds. The van der Waals surface area contributed by atoms with E-state index in [0.29, 0.717) is 49.4 Å². The number of rotatable bonds is 9. The van der Waals surface area contributed by atoms with Crippen molar-refractivity contribution >= 4 is 47.1 Å². The molecule has 11 nitrogen and oxygen atoms in total. The van der Waals surface area contributed by atoms with Crippen LogP contribution in [-0.4, -0.2) is 106 Å². The zero-order valence-electron chi connectivity index (χ0n) is 26.7. The summed E-state index contributed by atoms with van der Waals surface area (Å²) in [5.74, 6) is 0.759. The minimum absolute atomic E-state index is 0.0582. The van der Waals surface area contributed by atoms with Gasteiger partial charge in [-0.2, -0.15) is 9.97 Å². The molecule has 6 heterocycles. The highest BCUT2D eigenvalue weighted by molar-refractivity contribution is 9.10. The Morgan fingerprint density at radius 3 is 2.35 bits per heavy atom. The Morgan fingerprint density at radius 2 is 1.72 bits per heavy atom. The van der Waals surface area contributed by atoms with Gasteiger partial charge in [0, 0.05) is 27.8 Å². The molecule has 2 aromatic rings. The number of hydrogen-bond donors (Lipinski definition) is 0. The molecule has 4 fully saturated rings. The molecule has 13 heteroatoms. The van der Waals surface area contributed by atoms with Crippen LogP contribution >= 0.6 is 15.9 Å². The Labute approximate surface area is 264 Å². The van der Waals surface area contributed by atoms with Crippen LogP contribution in [0.2, 0.25) is 25.7 Å². The monoisotopic (exact) mass is 677 g/mol. The van der Waals surface area contributed by atoms with Crippen LogP contribution in [-0.2, 0) is 16.2 Å². The summed E-state index contributed by atoms with van der Waals surface area (Å²) in [6, 6.07) is 1.59. The highest BCUT2D eigenvalue weighted by Crippen LogP contribution is 2.40. The maximum Gasteiger partial charge on any atom is 0.410 e. The number of ether oxygens (including phenoxy) is 3. The average molecular weight is 679 g/mol. The summed E-state index contributed by atoms with van der Waals surface area (Å²) in [5, 5.41) is 0. The lowest BCUT2D eigenvalue weighted by molar-refractivity contribution is 0.0122. The largest absolute Gasteiger partial charge is 0.461 e. The van der Waals surface area contributed by atoms with E-state index in [9.17, 15) is 4.79 Å². The number of carbonyl (C=O) groups is 1. The van der Waals surface area contributed by atoms with Crippen LogP contribution in [0.5, 0.6) is 6.01 Å². The number of piperazine rings is 1. The van der Waals surface area contributed by atoms with Crippen molar-refractivity contribution in [2.75, 3.05) is 44.3 Å². The highest BCUT2D eigenvalue weighted by Gasteiger charge is 2.46. The number of halogens is 1. The zero-order valence-corrected chi connectivity index (χ0v) is 29.3. The van der Waals surface area contributed by atoms with Crippen LogP contribution in [0.4, 0.5) is 10.6 Å². The molecule has 2 aromatic heterocycles. The lowest BCUT2D eigenvalue weighted by Gasteiger charge is -2.41. The van der Waals surface area contributed by atoms with Crippen molar-refractivity contribution in [2.24, 2.45) is 0 Å². The van der Waals surface area contributed by atoms with E-state index in [1.165, 1.54) is 12.8 Å². The van der Waals surface area contributed by atoms with E-state index in [-0.39, 0.29) is 23.7 Å². The smallest absolute Gasteiger partial charge is 0.410 e. The predicted molar refractivity (Wildman–Crippen MR) is 172 cm³/mol. The number of imidazole rings is 1. The molecule has 4 aliphatic rings. The summed E-state index contributed by atoms with van der Waals surface area (Å²) in [6.45, 7) is 18.1. The molecule has 2 bridgehead atoms. The first kappa shape index (κ1) is 31.0. The summed E-state index contributed by atoms with van der Waals surface area (Å²) in [5.41, 5.74) is 0.994. The van der Waals surface area contributed by atoms with E-state index in [4.69, 9.17) is 29.2 Å². The van der Waals surface area contributed by atoms with Crippen LogP contribution < -0.4 is 9.64 Å². The first-order chi connectivity index (χ1) is 20.3. The van der Waals surface area contributed by atoms with E-state index in [1.807, 2.05) is 30.2 Å². The fourth-order valence-electron chi connectivity index (χ4n) is 7.22. The summed E-state index contributed by atoms with van der Waals surface area (Å²) in [4.78, 5) is 34.8. The number of aromatic nitrogens is 4. The van der Waals surface area contributed by atoms with Gasteiger partial charge in [-0.1, -0.05) is 19.6 Å². The van der Waals surface area contributed by atoms with Gasteiger partial charge in [-0.05, 0) is 94.4 Å². The van der Waals surface area contributed by atoms with Crippen molar-refractivity contribution in [3.8, 4) is 6.01 Å². The van der Waals surface area contributed by atoms with Crippen molar-refractivity contribution in [1.82, 2.24) is 29.3 Å². The molecule has 2 atom stereocenters. The van der Waals surface area contributed by atoms with Crippen molar-refractivity contribution < 1.29 is 19.0 Å². The van der Waals surface area contributed by atoms with Crippen LogP contribution in [0.3, 0.4) is 0 Å². The molecule has 2 unspecified atom stereocenters. The first-order valence-corrected chi connectivity index (χ1v) is 20.5. The van der Waals surface area contributed by atoms with Gasteiger partial charge in [-0.25, -0.2) is 9.78 Å². The number of amides is 1. The molecule has 6 rings (SSSR count). The number of carbonyl (C=O) groups excluding carboxylic acids is 1. The number of hydrogen-bond acceptors (Lipinski definition) is 9. The Bertz CT molecular complexity index is 1320. The molecule has 4 aliphatic heterocycles. The minimum Gasteiger partial charge on any atom is -0.461 e. The Balaban J connectivity index is 1.28. The van der Waals surface area contributed by atoms with Crippen LogP contribution in [0.15, 0.2) is 4.73 Å². The fraction of sp³-hybridized carbons (Fsp3) is 0.800. The Kier molecular flexibility index (Phi) is 8.49. The fourth-order valence-corrected chi connectivity index (χ4v) is 8.43. The van der Waals surface area contributed by atoms with Crippen LogP contribution in [0.25, 0.3) is 11.2 Å². The molecular weight excluding hydrogens is 630 g/mol. The van der Waals surface area contributed by atoms with Crippen molar-refractivity contribution in [3.63, 3.8) is 0 Å². The van der Waals surface area contributed by atoms with Gasteiger partial charge in [0.2, 0.25) is 0 Å². The predicted octanol–water partition coefficient (Wildman–Crippen LogP) is 5.50. The first-order valence-electron chi connectivity index (χ1n) is 16.0. The molecule has 43 heavy (non-hydrogen) atoms. The third kappa shape index (κ3) is 6.55. The average Bonchev–Trinajstić information content (AvgIpc) is 3.63. The Hall–Kier alpha value is -1.96. The lowest BCUT2D eigenvalue weighted by Crippen LogP contribution is -2.57. The van der Waals surface area contributed by atoms with Gasteiger partial charge in [-0.3, -0.25) is 14.4 Å². The zero-order chi connectivity index (χ0) is 30.6. The van der Waals surface area contributed by atoms with Gasteiger partial charge in [0.15, 0.2) is 21.7 Å². The standard InChI is InChI=1S/C30H48BrN7O4Si/c1-29(2,3)42-28(39)38-21-9-10-22(38)18-35(17-21)24-23-25(37(26(31)32-23)20-40-15-16-43(4,5)6)34-27(33-24)41-19-30-11-7-13-36(30)14-8-12-30/h21-22H,7-20H2,1-6H3. The number of nitrogens with zero attached hydrogens (tertiary/aromatic N) is 7. The van der Waals surface area contributed by atoms with Gasteiger partial charge in [0.05, 0.1) is 17.6 Å². The molecule has 0 saturated carbocycles. The maximum absolute atomic E-state index is 13.1. The van der Waals surface area contributed by atoms with E-state index in [2.05, 4.69) is 45.4 Å². The SMILES string of the molecule is CC(C)(C)OC(=O)N1C2CCC1CN(c1nc(OCC34CCCN3CCC4)nc3c1nc(Br)n3COCC[Si](C)(C)C)C2. The van der Waals surface area contributed by atoms with Crippen molar-refractivity contribution in [3.05, 3.63) is 4.73 Å². The van der Waals surface area contributed by atoms with Crippen LogP contribution in [0, 0.1) is 0 Å². The van der Waals surface area contributed by atoms with Gasteiger partial charge in [0.25, 0.3) is 0 Å². The van der Waals surface area contributed by atoms with Crippen molar-refractivity contribution in [2.45, 2.75) is 115 Å². The molecule has 0 spiro atoms. The topological polar surface area (TPSA) is 98.1 Å². The molecule has 4 saturated heterocycles. The lowest BCUT2D eigenvalue weighted by atomic mass is 9.95. The molecule has 0 aromatic carbocycles. The third-order valence-corrected chi connectivity index (χ3v) is 11.7. The van der Waals surface area contributed by atoms with Gasteiger partial charge in [0.1, 0.15) is 18.9 Å². The second-order valence-electron chi connectivity index (χ2n) is 15.0. The quantitative estimate of drug-likeness (QED) is 0.194. The van der Waals surface area contributed by atoms with Crippen LogP contribution in [0.1, 0.15) is 59.3 Å². The summed E-state index contributed by atoms with van der Waals surface area (Å²) in [6.07, 6.45) is 6.41. The third-order valence-electron chi connectivity index (χ3n) is 9.39. The molecule has 0 aliphatic carbocycles. The molecular formula is C30H48BrN7O4Si. The van der Waals surface area contributed by atoms with Gasteiger partial charge >= 0.3 is 12.1 Å². The maximum atomic E-state index is 13.1. The minimum atomic E-state index is -1.21. The Morgan fingerprint density at radius 1 is 1.05 bits per heavy atom. The van der Waals surface area contributed by atoms with E-state index >= 15 is 0 Å². The summed E-state index contributed by atoms with van der Waals surface area (Å²) < 4.78 is 21.0. The molecule has 0 radical (unpaired) electrons. The number of fused-ring (bicyclic) bond motifs is 4. The van der Waals surface area contributed by atoms with Gasteiger partial charge < -0.3 is 19.1 Å². The van der Waals surface area contributed by atoms with Crippen molar-refractivity contribution in [1.29, 1.82) is 0 Å². The number of anilines is 1. The normalized spacial score (nSPS) is 23.8. The van der Waals surface area contributed by atoms with E-state index in [0.717, 1.165) is 56.2 Å². The second kappa shape index (κ2) is 11.8. The highest BCUT2D eigenvalue weighted by atomic mass is 79.9. The van der Waals surface area contributed by atoms with Gasteiger partial charge in [-0.15, -0.1) is 0 Å². The molecule has 0 N–H and O–H groups in total.